The van der Waals surface area contributed by atoms with Crippen molar-refractivity contribution < 1.29 is 18.4 Å². The third-order valence-corrected chi connectivity index (χ3v) is 5.44. The van der Waals surface area contributed by atoms with Gasteiger partial charge in [0.05, 0.1) is 0 Å². The number of amides is 2. The fourth-order valence-corrected chi connectivity index (χ4v) is 3.84. The van der Waals surface area contributed by atoms with E-state index in [9.17, 15) is 18.4 Å². The predicted octanol–water partition coefficient (Wildman–Crippen LogP) is 5.86. The van der Waals surface area contributed by atoms with Gasteiger partial charge in [0.1, 0.15) is 11.6 Å². The highest BCUT2D eigenvalue weighted by atomic mass is 19.1. The molecule has 0 bridgehead atoms. The molecule has 184 valence electrons. The van der Waals surface area contributed by atoms with Crippen molar-refractivity contribution in [1.29, 1.82) is 0 Å². The van der Waals surface area contributed by atoms with Gasteiger partial charge < -0.3 is 15.1 Å². The van der Waals surface area contributed by atoms with Gasteiger partial charge in [-0.25, -0.2) is 8.78 Å². The summed E-state index contributed by atoms with van der Waals surface area (Å²) in [7, 11) is 3.79. The Bertz CT molecular complexity index is 1180. The first-order valence-electron chi connectivity index (χ1n) is 11.5. The lowest BCUT2D eigenvalue weighted by Gasteiger charge is -2.27. The molecule has 3 aromatic carbocycles. The molecule has 0 heterocycles. The van der Waals surface area contributed by atoms with Crippen molar-refractivity contribution in [3.8, 4) is 0 Å². The number of nitrogens with zero attached hydrogens (tertiary/aromatic N) is 2. The molecule has 0 aliphatic heterocycles. The number of rotatable bonds is 9. The molecule has 0 aliphatic rings. The summed E-state index contributed by atoms with van der Waals surface area (Å²) in [5.41, 5.74) is 3.28. The number of benzene rings is 3. The van der Waals surface area contributed by atoms with E-state index >= 15 is 0 Å². The highest BCUT2D eigenvalue weighted by Gasteiger charge is 2.20. The summed E-state index contributed by atoms with van der Waals surface area (Å²) in [6, 6.07) is 17.0. The maximum absolute atomic E-state index is 13.9. The van der Waals surface area contributed by atoms with Gasteiger partial charge in [-0.15, -0.1) is 0 Å². The van der Waals surface area contributed by atoms with Gasteiger partial charge in [-0.2, -0.15) is 0 Å². The van der Waals surface area contributed by atoms with Gasteiger partial charge in [0, 0.05) is 50.5 Å². The van der Waals surface area contributed by atoms with Crippen LogP contribution < -0.4 is 10.2 Å². The number of hydrogen-bond acceptors (Lipinski definition) is 3. The average Bonchev–Trinajstić information content (AvgIpc) is 2.78. The minimum atomic E-state index is -0.432. The van der Waals surface area contributed by atoms with Crippen LogP contribution in [0.15, 0.2) is 66.7 Å². The van der Waals surface area contributed by atoms with Crippen LogP contribution in [0.5, 0.6) is 0 Å². The Morgan fingerprint density at radius 3 is 2.23 bits per heavy atom. The van der Waals surface area contributed by atoms with E-state index in [-0.39, 0.29) is 36.6 Å². The molecule has 1 N–H and O–H groups in total. The molecular weight excluding hydrogens is 448 g/mol. The number of halogens is 2. The van der Waals surface area contributed by atoms with Crippen LogP contribution in [0, 0.1) is 17.6 Å². The highest BCUT2D eigenvalue weighted by Crippen LogP contribution is 2.26. The second kappa shape index (κ2) is 11.6. The smallest absolute Gasteiger partial charge is 0.254 e. The Kier molecular flexibility index (Phi) is 8.58. The lowest BCUT2D eigenvalue weighted by molar-refractivity contribution is -0.116. The van der Waals surface area contributed by atoms with Crippen LogP contribution in [0.3, 0.4) is 0 Å². The molecule has 0 saturated heterocycles. The van der Waals surface area contributed by atoms with Crippen molar-refractivity contribution in [2.24, 2.45) is 5.92 Å². The van der Waals surface area contributed by atoms with Gasteiger partial charge in [0.2, 0.25) is 5.91 Å². The quantitative estimate of drug-likeness (QED) is 0.418. The molecule has 35 heavy (non-hydrogen) atoms. The van der Waals surface area contributed by atoms with Crippen molar-refractivity contribution in [1.82, 2.24) is 4.90 Å². The van der Waals surface area contributed by atoms with Crippen molar-refractivity contribution in [3.63, 3.8) is 0 Å². The van der Waals surface area contributed by atoms with Gasteiger partial charge in [0.25, 0.3) is 5.91 Å². The number of anilines is 2. The predicted molar refractivity (Wildman–Crippen MR) is 135 cm³/mol. The van der Waals surface area contributed by atoms with E-state index in [1.807, 2.05) is 51.0 Å². The van der Waals surface area contributed by atoms with Crippen molar-refractivity contribution >= 4 is 23.2 Å². The zero-order chi connectivity index (χ0) is 25.5. The highest BCUT2D eigenvalue weighted by molar-refractivity contribution is 5.94. The molecule has 0 spiro atoms. The molecule has 0 fully saturated rings. The normalized spacial score (nSPS) is 10.8. The summed E-state index contributed by atoms with van der Waals surface area (Å²) in [4.78, 5) is 29.3. The molecular formula is C28H31F2N3O2. The van der Waals surface area contributed by atoms with E-state index in [4.69, 9.17) is 0 Å². The molecule has 3 aromatic rings. The maximum Gasteiger partial charge on any atom is 0.254 e. The van der Waals surface area contributed by atoms with Gasteiger partial charge in [-0.05, 0) is 71.6 Å². The Morgan fingerprint density at radius 1 is 0.886 bits per heavy atom. The Morgan fingerprint density at radius 2 is 1.60 bits per heavy atom. The molecule has 0 aliphatic carbocycles. The van der Waals surface area contributed by atoms with E-state index in [1.165, 1.54) is 36.4 Å². The van der Waals surface area contributed by atoms with Crippen LogP contribution in [-0.4, -0.2) is 30.8 Å². The summed E-state index contributed by atoms with van der Waals surface area (Å²) in [5, 5.41) is 2.93. The first-order chi connectivity index (χ1) is 16.6. The first kappa shape index (κ1) is 25.9. The Hall–Kier alpha value is -3.74. The average molecular weight is 480 g/mol. The molecule has 2 amide bonds. The standard InChI is InChI=1S/C28H31F2N3O2/c1-19(2)14-27(34)31-25-12-13-26(32(3)4)22(16-25)18-33(17-20-6-5-7-24(30)15-20)28(35)21-8-10-23(29)11-9-21/h5-13,15-16,19H,14,17-18H2,1-4H3,(H,31,34). The summed E-state index contributed by atoms with van der Waals surface area (Å²) in [5.74, 6) is -0.986. The lowest BCUT2D eigenvalue weighted by atomic mass is 10.1. The summed E-state index contributed by atoms with van der Waals surface area (Å²) in [6.07, 6.45) is 0.402. The van der Waals surface area contributed by atoms with E-state index in [0.29, 0.717) is 23.2 Å². The number of hydrogen-bond donors (Lipinski definition) is 1. The molecule has 0 saturated carbocycles. The molecule has 0 unspecified atom stereocenters. The van der Waals surface area contributed by atoms with Gasteiger partial charge in [-0.3, -0.25) is 9.59 Å². The minimum absolute atomic E-state index is 0.0810. The van der Waals surface area contributed by atoms with E-state index in [0.717, 1.165) is 11.3 Å². The molecule has 0 aromatic heterocycles. The number of nitrogens with one attached hydrogen (secondary N) is 1. The fourth-order valence-electron chi connectivity index (χ4n) is 3.84. The third-order valence-electron chi connectivity index (χ3n) is 5.44. The van der Waals surface area contributed by atoms with Crippen LogP contribution in [0.2, 0.25) is 0 Å². The topological polar surface area (TPSA) is 52.7 Å². The fraction of sp³-hybridized carbons (Fsp3) is 0.286. The van der Waals surface area contributed by atoms with Gasteiger partial charge in [-0.1, -0.05) is 26.0 Å². The minimum Gasteiger partial charge on any atom is -0.377 e. The number of carbonyl (C=O) groups excluding carboxylic acids is 2. The molecule has 0 atom stereocenters. The zero-order valence-electron chi connectivity index (χ0n) is 20.5. The number of carbonyl (C=O) groups is 2. The van der Waals surface area contributed by atoms with Crippen LogP contribution in [0.1, 0.15) is 41.8 Å². The van der Waals surface area contributed by atoms with E-state index in [1.54, 1.807) is 17.0 Å². The van der Waals surface area contributed by atoms with Gasteiger partial charge in [0.15, 0.2) is 0 Å². The molecule has 0 radical (unpaired) electrons. The summed E-state index contributed by atoms with van der Waals surface area (Å²) >= 11 is 0. The second-order valence-electron chi connectivity index (χ2n) is 9.18. The van der Waals surface area contributed by atoms with Crippen molar-refractivity contribution in [2.45, 2.75) is 33.4 Å². The van der Waals surface area contributed by atoms with Crippen LogP contribution >= 0.6 is 0 Å². The third kappa shape index (κ3) is 7.37. The molecule has 3 rings (SSSR count). The largest absolute Gasteiger partial charge is 0.377 e. The van der Waals surface area contributed by atoms with Crippen molar-refractivity contribution in [2.75, 3.05) is 24.3 Å². The summed E-state index contributed by atoms with van der Waals surface area (Å²) < 4.78 is 27.3. The Labute approximate surface area is 205 Å². The Balaban J connectivity index is 1.96. The maximum atomic E-state index is 13.9. The van der Waals surface area contributed by atoms with Gasteiger partial charge >= 0.3 is 0 Å². The van der Waals surface area contributed by atoms with Crippen molar-refractivity contribution in [3.05, 3.63) is 95.1 Å². The SMILES string of the molecule is CC(C)CC(=O)Nc1ccc(N(C)C)c(CN(Cc2cccc(F)c2)C(=O)c2ccc(F)cc2)c1. The molecule has 5 nitrogen and oxygen atoms in total. The van der Waals surface area contributed by atoms with Crippen LogP contribution in [-0.2, 0) is 17.9 Å². The monoisotopic (exact) mass is 479 g/mol. The zero-order valence-corrected chi connectivity index (χ0v) is 20.5. The van der Waals surface area contributed by atoms with Crippen LogP contribution in [0.4, 0.5) is 20.2 Å². The lowest BCUT2D eigenvalue weighted by Crippen LogP contribution is -2.31. The first-order valence-corrected chi connectivity index (χ1v) is 11.5. The van der Waals surface area contributed by atoms with E-state index in [2.05, 4.69) is 5.32 Å². The summed E-state index contributed by atoms with van der Waals surface area (Å²) in [6.45, 7) is 4.32. The molecule has 7 heteroatoms. The van der Waals surface area contributed by atoms with Crippen LogP contribution in [0.25, 0.3) is 0 Å². The van der Waals surface area contributed by atoms with E-state index < -0.39 is 5.82 Å². The second-order valence-corrected chi connectivity index (χ2v) is 9.18.